The summed E-state index contributed by atoms with van der Waals surface area (Å²) in [5.41, 5.74) is 5.29. The molecule has 0 aromatic carbocycles. The second-order valence-electron chi connectivity index (χ2n) is 5.93. The van der Waals surface area contributed by atoms with Crippen molar-refractivity contribution in [1.29, 1.82) is 0 Å². The summed E-state index contributed by atoms with van der Waals surface area (Å²) in [7, 11) is -3.24. The van der Waals surface area contributed by atoms with Gasteiger partial charge in [-0.1, -0.05) is 20.8 Å². The SMILES string of the molecule is CC1COC(CN)CN1S(=O)(=O)CC(C)(C)C. The van der Waals surface area contributed by atoms with Gasteiger partial charge in [-0.15, -0.1) is 0 Å². The van der Waals surface area contributed by atoms with Crippen molar-refractivity contribution >= 4 is 10.0 Å². The van der Waals surface area contributed by atoms with Gasteiger partial charge in [0.2, 0.25) is 10.0 Å². The van der Waals surface area contributed by atoms with Crippen molar-refractivity contribution in [2.45, 2.75) is 39.8 Å². The topological polar surface area (TPSA) is 72.6 Å². The van der Waals surface area contributed by atoms with Crippen molar-refractivity contribution in [3.05, 3.63) is 0 Å². The summed E-state index contributed by atoms with van der Waals surface area (Å²) in [5.74, 6) is 0.154. The molecule has 0 saturated carbocycles. The van der Waals surface area contributed by atoms with E-state index in [-0.39, 0.29) is 23.3 Å². The van der Waals surface area contributed by atoms with Crippen molar-refractivity contribution in [1.82, 2.24) is 4.31 Å². The molecule has 2 N–H and O–H groups in total. The van der Waals surface area contributed by atoms with Crippen LogP contribution in [0.4, 0.5) is 0 Å². The Balaban J connectivity index is 2.81. The van der Waals surface area contributed by atoms with Crippen LogP contribution in [0.5, 0.6) is 0 Å². The lowest BCUT2D eigenvalue weighted by Gasteiger charge is -2.37. The van der Waals surface area contributed by atoms with E-state index in [0.717, 1.165) is 0 Å². The molecule has 17 heavy (non-hydrogen) atoms. The van der Waals surface area contributed by atoms with E-state index >= 15 is 0 Å². The maximum atomic E-state index is 12.3. The first-order valence-electron chi connectivity index (χ1n) is 5.97. The van der Waals surface area contributed by atoms with Crippen LogP contribution in [0.1, 0.15) is 27.7 Å². The molecule has 0 bridgehead atoms. The Morgan fingerprint density at radius 3 is 2.47 bits per heavy atom. The second kappa shape index (κ2) is 5.22. The average Bonchev–Trinajstić information content (AvgIpc) is 2.14. The molecule has 1 rings (SSSR count). The molecule has 1 fully saturated rings. The molecule has 1 heterocycles. The van der Waals surface area contributed by atoms with Crippen molar-refractivity contribution in [3.8, 4) is 0 Å². The van der Waals surface area contributed by atoms with Crippen LogP contribution in [0.25, 0.3) is 0 Å². The largest absolute Gasteiger partial charge is 0.374 e. The quantitative estimate of drug-likeness (QED) is 0.801. The highest BCUT2D eigenvalue weighted by molar-refractivity contribution is 7.89. The molecular weight excluding hydrogens is 240 g/mol. The predicted molar refractivity (Wildman–Crippen MR) is 68.2 cm³/mol. The van der Waals surface area contributed by atoms with E-state index in [0.29, 0.717) is 19.7 Å². The molecule has 5 nitrogen and oxygen atoms in total. The maximum Gasteiger partial charge on any atom is 0.215 e. The molecule has 102 valence electrons. The van der Waals surface area contributed by atoms with E-state index in [9.17, 15) is 8.42 Å². The zero-order valence-electron chi connectivity index (χ0n) is 11.1. The molecule has 6 heteroatoms. The third-order valence-corrected chi connectivity index (χ3v) is 5.14. The minimum Gasteiger partial charge on any atom is -0.374 e. The summed E-state index contributed by atoms with van der Waals surface area (Å²) in [6, 6.07) is -0.106. The van der Waals surface area contributed by atoms with Gasteiger partial charge in [-0.25, -0.2) is 8.42 Å². The fourth-order valence-electron chi connectivity index (χ4n) is 1.95. The van der Waals surface area contributed by atoms with Crippen LogP contribution in [-0.4, -0.2) is 50.3 Å². The van der Waals surface area contributed by atoms with Crippen molar-refractivity contribution in [2.75, 3.05) is 25.4 Å². The van der Waals surface area contributed by atoms with Crippen LogP contribution in [0.15, 0.2) is 0 Å². The first kappa shape index (κ1) is 14.9. The molecule has 2 atom stereocenters. The molecule has 2 unspecified atom stereocenters. The predicted octanol–water partition coefficient (Wildman–Crippen LogP) is 0.410. The van der Waals surface area contributed by atoms with Crippen LogP contribution in [0, 0.1) is 5.41 Å². The zero-order valence-corrected chi connectivity index (χ0v) is 12.0. The van der Waals surface area contributed by atoms with Gasteiger partial charge in [-0.3, -0.25) is 0 Å². The van der Waals surface area contributed by atoms with Gasteiger partial charge in [0, 0.05) is 19.1 Å². The highest BCUT2D eigenvalue weighted by Gasteiger charge is 2.36. The molecule has 1 saturated heterocycles. The van der Waals surface area contributed by atoms with E-state index < -0.39 is 10.0 Å². The summed E-state index contributed by atoms with van der Waals surface area (Å²) in [6.45, 7) is 8.80. The molecule has 0 radical (unpaired) electrons. The standard InChI is InChI=1S/C11H24N2O3S/c1-9-7-16-10(5-12)6-13(9)17(14,15)8-11(2,3)4/h9-10H,5-8,12H2,1-4H3. The summed E-state index contributed by atoms with van der Waals surface area (Å²) < 4.78 is 31.6. The van der Waals surface area contributed by atoms with Crippen molar-refractivity contribution in [2.24, 2.45) is 11.1 Å². The summed E-state index contributed by atoms with van der Waals surface area (Å²) in [4.78, 5) is 0. The van der Waals surface area contributed by atoms with Gasteiger partial charge >= 0.3 is 0 Å². The highest BCUT2D eigenvalue weighted by atomic mass is 32.2. The summed E-state index contributed by atoms with van der Waals surface area (Å²) in [6.07, 6.45) is -0.180. The Morgan fingerprint density at radius 2 is 2.00 bits per heavy atom. The molecule has 0 spiro atoms. The number of hydrogen-bond acceptors (Lipinski definition) is 4. The fraction of sp³-hybridized carbons (Fsp3) is 1.00. The van der Waals surface area contributed by atoms with Crippen molar-refractivity contribution in [3.63, 3.8) is 0 Å². The Kier molecular flexibility index (Phi) is 4.57. The number of rotatable bonds is 3. The monoisotopic (exact) mass is 264 g/mol. The van der Waals surface area contributed by atoms with Crippen LogP contribution < -0.4 is 5.73 Å². The zero-order chi connectivity index (χ0) is 13.3. The van der Waals surface area contributed by atoms with Gasteiger partial charge in [-0.2, -0.15) is 4.31 Å². The Labute approximate surface area is 104 Å². The highest BCUT2D eigenvalue weighted by Crippen LogP contribution is 2.22. The molecular formula is C11H24N2O3S. The van der Waals surface area contributed by atoms with Crippen LogP contribution >= 0.6 is 0 Å². The van der Waals surface area contributed by atoms with Gasteiger partial charge in [0.05, 0.1) is 18.5 Å². The smallest absolute Gasteiger partial charge is 0.215 e. The summed E-state index contributed by atoms with van der Waals surface area (Å²) in [5, 5.41) is 0. The molecule has 0 aromatic heterocycles. The Morgan fingerprint density at radius 1 is 1.41 bits per heavy atom. The number of nitrogens with two attached hydrogens (primary N) is 1. The molecule has 0 aliphatic carbocycles. The van der Waals surface area contributed by atoms with Crippen LogP contribution in [0.3, 0.4) is 0 Å². The lowest BCUT2D eigenvalue weighted by atomic mass is 10.0. The van der Waals surface area contributed by atoms with Gasteiger partial charge in [-0.05, 0) is 12.3 Å². The number of morpholine rings is 1. The number of hydrogen-bond donors (Lipinski definition) is 1. The van der Waals surface area contributed by atoms with E-state index in [4.69, 9.17) is 10.5 Å². The number of ether oxygens (including phenoxy) is 1. The fourth-order valence-corrected chi connectivity index (χ4v) is 4.22. The van der Waals surface area contributed by atoms with E-state index in [2.05, 4.69) is 0 Å². The molecule has 0 aromatic rings. The molecule has 1 aliphatic rings. The third-order valence-electron chi connectivity index (χ3n) is 2.68. The maximum absolute atomic E-state index is 12.3. The first-order chi connectivity index (χ1) is 7.65. The Hall–Kier alpha value is -0.170. The van der Waals surface area contributed by atoms with Crippen molar-refractivity contribution < 1.29 is 13.2 Å². The minimum absolute atomic E-state index is 0.106. The third kappa shape index (κ3) is 4.21. The van der Waals surface area contributed by atoms with Gasteiger partial charge < -0.3 is 10.5 Å². The van der Waals surface area contributed by atoms with Gasteiger partial charge in [0.1, 0.15) is 0 Å². The number of nitrogens with zero attached hydrogens (tertiary/aromatic N) is 1. The van der Waals surface area contributed by atoms with E-state index in [1.54, 1.807) is 4.31 Å². The lowest BCUT2D eigenvalue weighted by molar-refractivity contribution is -0.0221. The number of sulfonamides is 1. The van der Waals surface area contributed by atoms with Gasteiger partial charge in [0.25, 0.3) is 0 Å². The van der Waals surface area contributed by atoms with E-state index in [1.165, 1.54) is 0 Å². The molecule has 0 amide bonds. The normalized spacial score (nSPS) is 28.3. The van der Waals surface area contributed by atoms with Crippen LogP contribution in [-0.2, 0) is 14.8 Å². The second-order valence-corrected chi connectivity index (χ2v) is 7.85. The Bertz CT molecular complexity index is 348. The molecule has 1 aliphatic heterocycles. The van der Waals surface area contributed by atoms with E-state index in [1.807, 2.05) is 27.7 Å². The average molecular weight is 264 g/mol. The minimum atomic E-state index is -3.24. The first-order valence-corrected chi connectivity index (χ1v) is 7.58. The lowest BCUT2D eigenvalue weighted by Crippen LogP contribution is -2.54. The van der Waals surface area contributed by atoms with Crippen LogP contribution in [0.2, 0.25) is 0 Å². The summed E-state index contributed by atoms with van der Waals surface area (Å²) >= 11 is 0. The van der Waals surface area contributed by atoms with Gasteiger partial charge in [0.15, 0.2) is 0 Å².